The molecule has 0 fully saturated rings. The molecule has 0 N–H and O–H groups in total. The van der Waals surface area contributed by atoms with E-state index in [4.69, 9.17) is 16.1 Å². The molecule has 14 heavy (non-hydrogen) atoms. The Labute approximate surface area is 83.9 Å². The summed E-state index contributed by atoms with van der Waals surface area (Å²) in [6.07, 6.45) is 4.51. The largest absolute Gasteiger partial charge is 0.359 e. The van der Waals surface area contributed by atoms with E-state index in [0.29, 0.717) is 12.3 Å². The van der Waals surface area contributed by atoms with Crippen LogP contribution < -0.4 is 5.56 Å². The molecule has 2 rings (SSSR count). The Bertz CT molecular complexity index is 478. The third kappa shape index (κ3) is 1.67. The first kappa shape index (κ1) is 8.96. The fourth-order valence-electron chi connectivity index (χ4n) is 1.04. The van der Waals surface area contributed by atoms with Crippen LogP contribution in [-0.2, 0) is 6.54 Å². The Morgan fingerprint density at radius 3 is 3.07 bits per heavy atom. The van der Waals surface area contributed by atoms with Gasteiger partial charge in [-0.3, -0.25) is 4.79 Å². The summed E-state index contributed by atoms with van der Waals surface area (Å²) in [4.78, 5) is 15.1. The lowest BCUT2D eigenvalue weighted by atomic mass is 10.4. The highest BCUT2D eigenvalue weighted by molar-refractivity contribution is 6.29. The summed E-state index contributed by atoms with van der Waals surface area (Å²) >= 11 is 5.56. The van der Waals surface area contributed by atoms with E-state index in [1.54, 1.807) is 6.07 Å². The van der Waals surface area contributed by atoms with Crippen LogP contribution in [0.2, 0.25) is 5.15 Å². The van der Waals surface area contributed by atoms with Crippen molar-refractivity contribution >= 4 is 11.6 Å². The van der Waals surface area contributed by atoms with Gasteiger partial charge in [-0.25, -0.2) is 4.98 Å². The number of hydrogen-bond acceptors (Lipinski definition) is 4. The van der Waals surface area contributed by atoms with Crippen molar-refractivity contribution in [1.29, 1.82) is 0 Å². The molecule has 0 atom stereocenters. The van der Waals surface area contributed by atoms with Crippen LogP contribution in [0, 0.1) is 0 Å². The van der Waals surface area contributed by atoms with Crippen molar-refractivity contribution in [3.63, 3.8) is 0 Å². The third-order valence-electron chi connectivity index (χ3n) is 1.69. The summed E-state index contributed by atoms with van der Waals surface area (Å²) < 4.78 is 6.26. The maximum absolute atomic E-state index is 11.4. The second-order valence-electron chi connectivity index (χ2n) is 2.63. The molecule has 0 saturated heterocycles. The van der Waals surface area contributed by atoms with Crippen LogP contribution in [0.15, 0.2) is 34.0 Å². The van der Waals surface area contributed by atoms with Crippen LogP contribution >= 0.6 is 11.6 Å². The summed E-state index contributed by atoms with van der Waals surface area (Å²) in [5, 5.41) is 3.48. The first-order valence-corrected chi connectivity index (χ1v) is 4.25. The van der Waals surface area contributed by atoms with E-state index in [1.165, 1.54) is 23.2 Å². The first-order chi connectivity index (χ1) is 6.77. The van der Waals surface area contributed by atoms with Gasteiger partial charge in [0.1, 0.15) is 0 Å². The predicted octanol–water partition coefficient (Wildman–Crippen LogP) is 0.933. The number of rotatable bonds is 2. The van der Waals surface area contributed by atoms with Crippen molar-refractivity contribution < 1.29 is 4.52 Å². The molecule has 0 aliphatic carbocycles. The van der Waals surface area contributed by atoms with Crippen molar-refractivity contribution in [3.05, 3.63) is 45.9 Å². The fraction of sp³-hybridized carbons (Fsp3) is 0.125. The molecule has 0 saturated carbocycles. The molecule has 2 aromatic heterocycles. The standard InChI is InChI=1S/C8H6ClN3O2/c9-7-8(13)12(4-3-10-7)5-6-1-2-11-14-6/h1-4H,5H2. The Hall–Kier alpha value is -1.62. The van der Waals surface area contributed by atoms with E-state index in [-0.39, 0.29) is 10.7 Å². The molecule has 0 unspecified atom stereocenters. The van der Waals surface area contributed by atoms with Gasteiger partial charge >= 0.3 is 0 Å². The topological polar surface area (TPSA) is 60.9 Å². The van der Waals surface area contributed by atoms with Crippen molar-refractivity contribution in [1.82, 2.24) is 14.7 Å². The minimum atomic E-state index is -0.342. The van der Waals surface area contributed by atoms with Crippen LogP contribution in [0.1, 0.15) is 5.76 Å². The van der Waals surface area contributed by atoms with E-state index in [0.717, 1.165) is 0 Å². The number of hydrogen-bond donors (Lipinski definition) is 0. The van der Waals surface area contributed by atoms with Crippen molar-refractivity contribution in [2.45, 2.75) is 6.54 Å². The Balaban J connectivity index is 2.34. The average Bonchev–Trinajstić information content (AvgIpc) is 2.66. The molecule has 0 aromatic carbocycles. The molecule has 72 valence electrons. The van der Waals surface area contributed by atoms with Crippen LogP contribution in [0.25, 0.3) is 0 Å². The molecule has 5 nitrogen and oxygen atoms in total. The van der Waals surface area contributed by atoms with E-state index in [1.807, 2.05) is 0 Å². The molecular formula is C8H6ClN3O2. The number of halogens is 1. The lowest BCUT2D eigenvalue weighted by Gasteiger charge is -2.00. The monoisotopic (exact) mass is 211 g/mol. The molecule has 2 aromatic rings. The predicted molar refractivity (Wildman–Crippen MR) is 49.1 cm³/mol. The molecule has 2 heterocycles. The van der Waals surface area contributed by atoms with Gasteiger partial charge in [-0.15, -0.1) is 0 Å². The second-order valence-corrected chi connectivity index (χ2v) is 2.99. The Morgan fingerprint density at radius 1 is 1.50 bits per heavy atom. The summed E-state index contributed by atoms with van der Waals surface area (Å²) in [5.41, 5.74) is -0.342. The van der Waals surface area contributed by atoms with Gasteiger partial charge in [0.15, 0.2) is 10.9 Å². The van der Waals surface area contributed by atoms with Gasteiger partial charge < -0.3 is 9.09 Å². The quantitative estimate of drug-likeness (QED) is 0.742. The van der Waals surface area contributed by atoms with Crippen LogP contribution in [0.3, 0.4) is 0 Å². The second kappa shape index (κ2) is 3.63. The van der Waals surface area contributed by atoms with Crippen LogP contribution in [0.5, 0.6) is 0 Å². The van der Waals surface area contributed by atoms with Crippen LogP contribution in [0.4, 0.5) is 0 Å². The SMILES string of the molecule is O=c1c(Cl)nccn1Cc1ccno1. The average molecular weight is 212 g/mol. The normalized spacial score (nSPS) is 10.4. The van der Waals surface area contributed by atoms with Crippen molar-refractivity contribution in [2.24, 2.45) is 0 Å². The van der Waals surface area contributed by atoms with E-state index in [2.05, 4.69) is 10.1 Å². The smallest absolute Gasteiger partial charge is 0.288 e. The zero-order valence-corrected chi connectivity index (χ0v) is 7.81. The zero-order chi connectivity index (χ0) is 9.97. The molecule has 0 radical (unpaired) electrons. The Kier molecular flexibility index (Phi) is 2.32. The molecule has 0 amide bonds. The highest BCUT2D eigenvalue weighted by Gasteiger charge is 2.04. The van der Waals surface area contributed by atoms with Gasteiger partial charge in [-0.05, 0) is 0 Å². The minimum absolute atomic E-state index is 0.0491. The maximum Gasteiger partial charge on any atom is 0.288 e. The number of aromatic nitrogens is 3. The van der Waals surface area contributed by atoms with E-state index in [9.17, 15) is 4.79 Å². The Morgan fingerprint density at radius 2 is 2.36 bits per heavy atom. The van der Waals surface area contributed by atoms with Gasteiger partial charge in [-0.2, -0.15) is 0 Å². The lowest BCUT2D eigenvalue weighted by Crippen LogP contribution is -2.20. The minimum Gasteiger partial charge on any atom is -0.359 e. The highest BCUT2D eigenvalue weighted by atomic mass is 35.5. The maximum atomic E-state index is 11.4. The lowest BCUT2D eigenvalue weighted by molar-refractivity contribution is 0.375. The first-order valence-electron chi connectivity index (χ1n) is 3.88. The molecule has 0 aliphatic heterocycles. The van der Waals surface area contributed by atoms with Crippen molar-refractivity contribution in [2.75, 3.05) is 0 Å². The molecule has 0 bridgehead atoms. The highest BCUT2D eigenvalue weighted by Crippen LogP contribution is 2.00. The molecule has 6 heteroatoms. The van der Waals surface area contributed by atoms with Gasteiger partial charge in [0.2, 0.25) is 0 Å². The summed E-state index contributed by atoms with van der Waals surface area (Å²) in [6.45, 7) is 0.307. The fourth-order valence-corrected chi connectivity index (χ4v) is 1.20. The van der Waals surface area contributed by atoms with Crippen LogP contribution in [-0.4, -0.2) is 14.7 Å². The summed E-state index contributed by atoms with van der Waals surface area (Å²) in [7, 11) is 0. The molecular weight excluding hydrogens is 206 g/mol. The van der Waals surface area contributed by atoms with Gasteiger partial charge in [0.05, 0.1) is 12.7 Å². The van der Waals surface area contributed by atoms with Gasteiger partial charge in [0.25, 0.3) is 5.56 Å². The summed E-state index contributed by atoms with van der Waals surface area (Å²) in [5.74, 6) is 0.592. The van der Waals surface area contributed by atoms with E-state index < -0.39 is 0 Å². The van der Waals surface area contributed by atoms with E-state index >= 15 is 0 Å². The van der Waals surface area contributed by atoms with Gasteiger partial charge in [-0.1, -0.05) is 16.8 Å². The van der Waals surface area contributed by atoms with Crippen molar-refractivity contribution in [3.8, 4) is 0 Å². The molecule has 0 spiro atoms. The zero-order valence-electron chi connectivity index (χ0n) is 7.05. The summed E-state index contributed by atoms with van der Waals surface area (Å²) in [6, 6.07) is 1.68. The van der Waals surface area contributed by atoms with Gasteiger partial charge in [0, 0.05) is 18.5 Å². The molecule has 0 aliphatic rings. The number of nitrogens with zero attached hydrogens (tertiary/aromatic N) is 3. The third-order valence-corrected chi connectivity index (χ3v) is 1.95.